The van der Waals surface area contributed by atoms with Gasteiger partial charge in [-0.25, -0.2) is 4.39 Å². The molecule has 0 spiro atoms. The van der Waals surface area contributed by atoms with Crippen LogP contribution in [0.5, 0.6) is 0 Å². The van der Waals surface area contributed by atoms with Crippen LogP contribution >= 0.6 is 11.6 Å². The summed E-state index contributed by atoms with van der Waals surface area (Å²) in [6, 6.07) is 19.9. The van der Waals surface area contributed by atoms with E-state index in [4.69, 9.17) is 17.3 Å². The van der Waals surface area contributed by atoms with Crippen LogP contribution < -0.4 is 11.1 Å². The average Bonchev–Trinajstić information content (AvgIpc) is 2.85. The van der Waals surface area contributed by atoms with E-state index in [-0.39, 0.29) is 23.9 Å². The highest BCUT2D eigenvalue weighted by atomic mass is 35.5. The number of amides is 2. The normalized spacial score (nSPS) is 17.7. The van der Waals surface area contributed by atoms with Crippen LogP contribution in [-0.4, -0.2) is 28.8 Å². The number of rotatable bonds is 6. The molecule has 0 aliphatic heterocycles. The summed E-state index contributed by atoms with van der Waals surface area (Å²) in [6.07, 6.45) is 3.40. The van der Waals surface area contributed by atoms with Crippen molar-refractivity contribution in [3.63, 3.8) is 0 Å². The number of anilines is 1. The third-order valence-corrected chi connectivity index (χ3v) is 6.58. The zero-order valence-corrected chi connectivity index (χ0v) is 19.5. The SMILES string of the molecule is NC1CCC(N(Cc2cc(NC(=O)c3ccc(F)cc3)ccc2Cl)C(=O)c2ccccc2)CC1. The van der Waals surface area contributed by atoms with Crippen LogP contribution in [0, 0.1) is 5.82 Å². The second-order valence-corrected chi connectivity index (χ2v) is 9.04. The monoisotopic (exact) mass is 479 g/mol. The van der Waals surface area contributed by atoms with Gasteiger partial charge in [-0.15, -0.1) is 0 Å². The van der Waals surface area contributed by atoms with Gasteiger partial charge in [0.25, 0.3) is 11.8 Å². The number of carbonyl (C=O) groups is 2. The molecule has 0 heterocycles. The fourth-order valence-electron chi connectivity index (χ4n) is 4.29. The van der Waals surface area contributed by atoms with Gasteiger partial charge < -0.3 is 16.0 Å². The van der Waals surface area contributed by atoms with E-state index in [1.807, 2.05) is 35.2 Å². The van der Waals surface area contributed by atoms with Gasteiger partial charge in [0.2, 0.25) is 0 Å². The molecule has 0 radical (unpaired) electrons. The Kier molecular flexibility index (Phi) is 7.60. The summed E-state index contributed by atoms with van der Waals surface area (Å²) in [4.78, 5) is 27.9. The molecule has 3 aromatic rings. The minimum absolute atomic E-state index is 0.0565. The van der Waals surface area contributed by atoms with Gasteiger partial charge in [0, 0.05) is 40.5 Å². The highest BCUT2D eigenvalue weighted by Gasteiger charge is 2.29. The molecule has 7 heteroatoms. The zero-order valence-electron chi connectivity index (χ0n) is 18.7. The van der Waals surface area contributed by atoms with Crippen LogP contribution in [0.3, 0.4) is 0 Å². The first-order valence-corrected chi connectivity index (χ1v) is 11.8. The standard InChI is InChI=1S/C27H27ClFN3O2/c28-25-15-12-23(31-26(33)18-6-8-21(29)9-7-18)16-20(25)17-32(24-13-10-22(30)11-14-24)27(34)19-4-2-1-3-5-19/h1-9,12,15-16,22,24H,10-11,13-14,17,30H2,(H,31,33). The van der Waals surface area contributed by atoms with Crippen molar-refractivity contribution in [1.29, 1.82) is 0 Å². The van der Waals surface area contributed by atoms with Crippen molar-refractivity contribution in [2.45, 2.75) is 44.3 Å². The lowest BCUT2D eigenvalue weighted by Crippen LogP contribution is -2.43. The predicted molar refractivity (Wildman–Crippen MR) is 132 cm³/mol. The first kappa shape index (κ1) is 23.9. The molecule has 3 aromatic carbocycles. The maximum atomic E-state index is 13.5. The molecular formula is C27H27ClFN3O2. The second-order valence-electron chi connectivity index (χ2n) is 8.63. The van der Waals surface area contributed by atoms with E-state index in [1.165, 1.54) is 24.3 Å². The van der Waals surface area contributed by atoms with Gasteiger partial charge >= 0.3 is 0 Å². The fourth-order valence-corrected chi connectivity index (χ4v) is 4.47. The Morgan fingerprint density at radius 3 is 2.29 bits per heavy atom. The lowest BCUT2D eigenvalue weighted by molar-refractivity contribution is 0.0606. The molecule has 34 heavy (non-hydrogen) atoms. The molecular weight excluding hydrogens is 453 g/mol. The van der Waals surface area contributed by atoms with E-state index in [9.17, 15) is 14.0 Å². The van der Waals surface area contributed by atoms with Crippen LogP contribution in [0.2, 0.25) is 5.02 Å². The zero-order chi connectivity index (χ0) is 24.1. The summed E-state index contributed by atoms with van der Waals surface area (Å²) in [7, 11) is 0. The molecule has 1 saturated carbocycles. The number of nitrogens with zero attached hydrogens (tertiary/aromatic N) is 1. The summed E-state index contributed by atoms with van der Waals surface area (Å²) < 4.78 is 13.2. The molecule has 1 aliphatic carbocycles. The van der Waals surface area contributed by atoms with Gasteiger partial charge in [-0.05, 0) is 85.8 Å². The third-order valence-electron chi connectivity index (χ3n) is 6.21. The molecule has 1 fully saturated rings. The number of hydrogen-bond donors (Lipinski definition) is 2. The third kappa shape index (κ3) is 5.82. The number of nitrogens with one attached hydrogen (secondary N) is 1. The topological polar surface area (TPSA) is 75.4 Å². The molecule has 5 nitrogen and oxygen atoms in total. The second kappa shape index (κ2) is 10.8. The smallest absolute Gasteiger partial charge is 0.255 e. The minimum Gasteiger partial charge on any atom is -0.331 e. The molecule has 0 atom stereocenters. The molecule has 176 valence electrons. The van der Waals surface area contributed by atoms with Gasteiger partial charge in [0.15, 0.2) is 0 Å². The van der Waals surface area contributed by atoms with Crippen LogP contribution in [-0.2, 0) is 6.54 Å². The van der Waals surface area contributed by atoms with Crippen molar-refractivity contribution in [2.75, 3.05) is 5.32 Å². The molecule has 1 aliphatic rings. The number of hydrogen-bond acceptors (Lipinski definition) is 3. The summed E-state index contributed by atoms with van der Waals surface area (Å²) in [6.45, 7) is 0.312. The molecule has 0 saturated heterocycles. The van der Waals surface area contributed by atoms with Gasteiger partial charge in [-0.1, -0.05) is 29.8 Å². The molecule has 0 aromatic heterocycles. The summed E-state index contributed by atoms with van der Waals surface area (Å²) in [5.74, 6) is -0.818. The maximum absolute atomic E-state index is 13.5. The van der Waals surface area contributed by atoms with Crippen molar-refractivity contribution >= 4 is 29.1 Å². The number of halogens is 2. The number of benzene rings is 3. The maximum Gasteiger partial charge on any atom is 0.255 e. The van der Waals surface area contributed by atoms with E-state index in [2.05, 4.69) is 5.32 Å². The Morgan fingerprint density at radius 1 is 0.941 bits per heavy atom. The Bertz CT molecular complexity index is 1150. The van der Waals surface area contributed by atoms with Crippen LogP contribution in [0.4, 0.5) is 10.1 Å². The van der Waals surface area contributed by atoms with E-state index < -0.39 is 5.82 Å². The first-order chi connectivity index (χ1) is 16.4. The summed E-state index contributed by atoms with van der Waals surface area (Å²) in [5.41, 5.74) is 8.34. The summed E-state index contributed by atoms with van der Waals surface area (Å²) >= 11 is 6.51. The van der Waals surface area contributed by atoms with Crippen molar-refractivity contribution in [2.24, 2.45) is 5.73 Å². The van der Waals surface area contributed by atoms with Crippen molar-refractivity contribution in [3.8, 4) is 0 Å². The fraction of sp³-hybridized carbons (Fsp3) is 0.259. The van der Waals surface area contributed by atoms with Gasteiger partial charge in [-0.2, -0.15) is 0 Å². The van der Waals surface area contributed by atoms with Gasteiger partial charge in [0.1, 0.15) is 5.82 Å². The lowest BCUT2D eigenvalue weighted by Gasteiger charge is -2.36. The average molecular weight is 480 g/mol. The molecule has 0 bridgehead atoms. The number of carbonyl (C=O) groups excluding carboxylic acids is 2. The summed E-state index contributed by atoms with van der Waals surface area (Å²) in [5, 5.41) is 3.34. The first-order valence-electron chi connectivity index (χ1n) is 11.4. The Labute approximate surface area is 203 Å². The van der Waals surface area contributed by atoms with E-state index in [0.717, 1.165) is 31.2 Å². The molecule has 2 amide bonds. The molecule has 3 N–H and O–H groups in total. The Hall–Kier alpha value is -3.22. The van der Waals surface area contributed by atoms with Crippen LogP contribution in [0.25, 0.3) is 0 Å². The Morgan fingerprint density at radius 2 is 1.62 bits per heavy atom. The van der Waals surface area contributed by atoms with Crippen molar-refractivity contribution < 1.29 is 14.0 Å². The highest BCUT2D eigenvalue weighted by molar-refractivity contribution is 6.31. The predicted octanol–water partition coefficient (Wildman–Crippen LogP) is 5.64. The molecule has 0 unspecified atom stereocenters. The lowest BCUT2D eigenvalue weighted by atomic mass is 9.90. The highest BCUT2D eigenvalue weighted by Crippen LogP contribution is 2.29. The quantitative estimate of drug-likeness (QED) is 0.480. The van der Waals surface area contributed by atoms with Crippen molar-refractivity contribution in [1.82, 2.24) is 4.90 Å². The van der Waals surface area contributed by atoms with Gasteiger partial charge in [0.05, 0.1) is 0 Å². The van der Waals surface area contributed by atoms with E-state index in [0.29, 0.717) is 28.4 Å². The largest absolute Gasteiger partial charge is 0.331 e. The van der Waals surface area contributed by atoms with Gasteiger partial charge in [-0.3, -0.25) is 9.59 Å². The minimum atomic E-state index is -0.405. The Balaban J connectivity index is 1.57. The van der Waals surface area contributed by atoms with Crippen molar-refractivity contribution in [3.05, 3.63) is 100 Å². The van der Waals surface area contributed by atoms with Crippen LogP contribution in [0.1, 0.15) is 52.0 Å². The number of nitrogens with two attached hydrogens (primary N) is 1. The molecule has 4 rings (SSSR count). The van der Waals surface area contributed by atoms with E-state index in [1.54, 1.807) is 18.2 Å². The van der Waals surface area contributed by atoms with E-state index >= 15 is 0 Å². The van der Waals surface area contributed by atoms with Crippen LogP contribution in [0.15, 0.2) is 72.8 Å².